The predicted molar refractivity (Wildman–Crippen MR) is 65.6 cm³/mol. The number of hydrogen-bond donors (Lipinski definition) is 0. The van der Waals surface area contributed by atoms with Crippen molar-refractivity contribution in [1.82, 2.24) is 10.2 Å². The van der Waals surface area contributed by atoms with Gasteiger partial charge in [0.05, 0.1) is 0 Å². The molecule has 5 heteroatoms. The minimum Gasteiger partial charge on any atom is -0.389 e. The molecule has 0 saturated carbocycles. The zero-order valence-corrected chi connectivity index (χ0v) is 9.23. The van der Waals surface area contributed by atoms with Crippen molar-refractivity contribution in [2.75, 3.05) is 22.9 Å². The van der Waals surface area contributed by atoms with Gasteiger partial charge in [0.15, 0.2) is 0 Å². The first-order valence-electron chi connectivity index (χ1n) is 5.47. The lowest BCUT2D eigenvalue weighted by atomic mass is 10.4. The molecule has 0 radical (unpaired) electrons. The zero-order valence-electron chi connectivity index (χ0n) is 9.23. The molecule has 0 amide bonds. The molecule has 0 N–H and O–H groups in total. The molecular weight excluding hydrogens is 216 g/mol. The molecule has 2 aliphatic rings. The molecule has 0 atom stereocenters. The summed E-state index contributed by atoms with van der Waals surface area (Å²) in [7, 11) is 0. The van der Waals surface area contributed by atoms with Gasteiger partial charge in [-0.25, -0.2) is 0 Å². The van der Waals surface area contributed by atoms with Crippen LogP contribution in [-0.4, -0.2) is 23.3 Å². The van der Waals surface area contributed by atoms with Crippen molar-refractivity contribution >= 4 is 12.0 Å². The van der Waals surface area contributed by atoms with Crippen molar-refractivity contribution in [3.8, 4) is 0 Å². The second-order valence-electron chi connectivity index (χ2n) is 3.71. The summed E-state index contributed by atoms with van der Waals surface area (Å²) in [6, 6.07) is 1.03. The number of hydrogen-bond acceptors (Lipinski definition) is 5. The maximum Gasteiger partial charge on any atom is 0.323 e. The van der Waals surface area contributed by atoms with Crippen LogP contribution in [0.5, 0.6) is 0 Å². The fraction of sp³-hybridized carbons (Fsp3) is 0.167. The first kappa shape index (κ1) is 9.89. The van der Waals surface area contributed by atoms with Gasteiger partial charge in [0, 0.05) is 25.5 Å². The Labute approximate surface area is 99.0 Å². The molecule has 2 aliphatic heterocycles. The number of nitrogens with zero attached hydrogens (tertiary/aromatic N) is 4. The van der Waals surface area contributed by atoms with Crippen LogP contribution < -0.4 is 9.80 Å². The maximum absolute atomic E-state index is 5.62. The topological polar surface area (TPSA) is 45.4 Å². The zero-order chi connectivity index (χ0) is 11.5. The van der Waals surface area contributed by atoms with Crippen molar-refractivity contribution in [3.63, 3.8) is 0 Å². The highest BCUT2D eigenvalue weighted by molar-refractivity contribution is 5.42. The molecule has 1 aromatic rings. The van der Waals surface area contributed by atoms with E-state index in [4.69, 9.17) is 4.42 Å². The van der Waals surface area contributed by atoms with Gasteiger partial charge in [-0.3, -0.25) is 9.80 Å². The molecule has 86 valence electrons. The Balaban J connectivity index is 1.78. The van der Waals surface area contributed by atoms with Crippen LogP contribution >= 0.6 is 0 Å². The first-order valence-corrected chi connectivity index (χ1v) is 5.47. The summed E-state index contributed by atoms with van der Waals surface area (Å²) in [6.07, 6.45) is 15.8. The third-order valence-corrected chi connectivity index (χ3v) is 2.53. The maximum atomic E-state index is 5.62. The Bertz CT molecular complexity index is 468. The lowest BCUT2D eigenvalue weighted by molar-refractivity contribution is 0.550. The van der Waals surface area contributed by atoms with E-state index < -0.39 is 0 Å². The quantitative estimate of drug-likeness (QED) is 0.773. The van der Waals surface area contributed by atoms with Crippen molar-refractivity contribution in [1.29, 1.82) is 0 Å². The van der Waals surface area contributed by atoms with E-state index in [0.717, 1.165) is 13.1 Å². The second kappa shape index (κ2) is 4.29. The molecular formula is C12H12N4O. The normalized spacial score (nSPS) is 18.1. The molecule has 0 unspecified atom stereocenters. The van der Waals surface area contributed by atoms with Crippen LogP contribution in [0.4, 0.5) is 12.0 Å². The van der Waals surface area contributed by atoms with Crippen molar-refractivity contribution in [2.24, 2.45) is 0 Å². The third kappa shape index (κ3) is 1.99. The van der Waals surface area contributed by atoms with Gasteiger partial charge in [0.2, 0.25) is 0 Å². The van der Waals surface area contributed by atoms with Crippen LogP contribution in [0.2, 0.25) is 0 Å². The molecule has 0 fully saturated rings. The standard InChI is InChI=1S/C12H12N4O/c1-3-7-15(8-4-1)11-13-14-12(17-11)16-9-5-2-6-10-16/h1-7,9H,8,10H2. The number of aromatic nitrogens is 2. The van der Waals surface area contributed by atoms with Crippen LogP contribution in [-0.2, 0) is 0 Å². The predicted octanol–water partition coefficient (Wildman–Crippen LogP) is 1.85. The van der Waals surface area contributed by atoms with Gasteiger partial charge < -0.3 is 4.42 Å². The summed E-state index contributed by atoms with van der Waals surface area (Å²) in [5, 5.41) is 8.08. The van der Waals surface area contributed by atoms with Gasteiger partial charge in [-0.1, -0.05) is 34.5 Å². The van der Waals surface area contributed by atoms with Crippen LogP contribution in [0.1, 0.15) is 0 Å². The Hall–Kier alpha value is -2.30. The van der Waals surface area contributed by atoms with E-state index >= 15 is 0 Å². The molecule has 5 nitrogen and oxygen atoms in total. The van der Waals surface area contributed by atoms with Crippen LogP contribution in [0.15, 0.2) is 53.3 Å². The van der Waals surface area contributed by atoms with Crippen LogP contribution in [0, 0.1) is 0 Å². The Morgan fingerprint density at radius 3 is 1.76 bits per heavy atom. The fourth-order valence-corrected chi connectivity index (χ4v) is 1.66. The molecule has 0 aliphatic carbocycles. The van der Waals surface area contributed by atoms with E-state index in [-0.39, 0.29) is 0 Å². The van der Waals surface area contributed by atoms with E-state index in [1.807, 2.05) is 58.7 Å². The summed E-state index contributed by atoms with van der Waals surface area (Å²) in [5.41, 5.74) is 0. The van der Waals surface area contributed by atoms with Crippen molar-refractivity contribution < 1.29 is 4.42 Å². The Morgan fingerprint density at radius 1 is 0.824 bits per heavy atom. The smallest absolute Gasteiger partial charge is 0.323 e. The van der Waals surface area contributed by atoms with Crippen LogP contribution in [0.25, 0.3) is 0 Å². The van der Waals surface area contributed by atoms with E-state index in [0.29, 0.717) is 12.0 Å². The fourth-order valence-electron chi connectivity index (χ4n) is 1.66. The minimum absolute atomic E-state index is 0.517. The first-order chi connectivity index (χ1) is 8.43. The minimum atomic E-state index is 0.517. The molecule has 17 heavy (non-hydrogen) atoms. The second-order valence-corrected chi connectivity index (χ2v) is 3.71. The van der Waals surface area contributed by atoms with Crippen molar-refractivity contribution in [3.05, 3.63) is 48.9 Å². The highest BCUT2D eigenvalue weighted by atomic mass is 16.4. The third-order valence-electron chi connectivity index (χ3n) is 2.53. The summed E-state index contributed by atoms with van der Waals surface area (Å²) in [5.74, 6) is 0. The monoisotopic (exact) mass is 228 g/mol. The van der Waals surface area contributed by atoms with E-state index in [2.05, 4.69) is 10.2 Å². The van der Waals surface area contributed by atoms with Gasteiger partial charge in [0.1, 0.15) is 0 Å². The number of rotatable bonds is 2. The largest absolute Gasteiger partial charge is 0.389 e. The Kier molecular flexibility index (Phi) is 2.50. The Morgan fingerprint density at radius 2 is 1.35 bits per heavy atom. The average molecular weight is 228 g/mol. The highest BCUT2D eigenvalue weighted by Gasteiger charge is 2.15. The van der Waals surface area contributed by atoms with Gasteiger partial charge in [-0.2, -0.15) is 0 Å². The highest BCUT2D eigenvalue weighted by Crippen LogP contribution is 2.21. The van der Waals surface area contributed by atoms with E-state index in [1.54, 1.807) is 0 Å². The summed E-state index contributed by atoms with van der Waals surface area (Å²) in [4.78, 5) is 3.81. The molecule has 3 heterocycles. The average Bonchev–Trinajstić information content (AvgIpc) is 2.90. The van der Waals surface area contributed by atoms with Crippen molar-refractivity contribution in [2.45, 2.75) is 0 Å². The van der Waals surface area contributed by atoms with Gasteiger partial charge in [-0.05, 0) is 12.2 Å². The molecule has 3 rings (SSSR count). The molecule has 0 spiro atoms. The van der Waals surface area contributed by atoms with Gasteiger partial charge in [-0.15, -0.1) is 0 Å². The number of anilines is 2. The van der Waals surface area contributed by atoms with E-state index in [9.17, 15) is 0 Å². The molecule has 1 aromatic heterocycles. The van der Waals surface area contributed by atoms with Crippen LogP contribution in [0.3, 0.4) is 0 Å². The molecule has 0 aromatic carbocycles. The van der Waals surface area contributed by atoms with Gasteiger partial charge in [0.25, 0.3) is 0 Å². The molecule has 0 saturated heterocycles. The SMILES string of the molecule is C1=CCN(c2nnc(N3C=CC=CC3)o2)C=C1. The lowest BCUT2D eigenvalue weighted by Crippen LogP contribution is -2.18. The summed E-state index contributed by atoms with van der Waals surface area (Å²) >= 11 is 0. The molecule has 0 bridgehead atoms. The summed E-state index contributed by atoms with van der Waals surface area (Å²) < 4.78 is 5.62. The number of allylic oxidation sites excluding steroid dienone is 4. The lowest BCUT2D eigenvalue weighted by Gasteiger charge is -2.16. The van der Waals surface area contributed by atoms with E-state index in [1.165, 1.54) is 0 Å². The summed E-state index contributed by atoms with van der Waals surface area (Å²) in [6.45, 7) is 1.52. The van der Waals surface area contributed by atoms with Gasteiger partial charge >= 0.3 is 12.0 Å².